The number of amides is 2. The molecule has 222 valence electrons. The summed E-state index contributed by atoms with van der Waals surface area (Å²) >= 11 is 2.41. The van der Waals surface area contributed by atoms with Gasteiger partial charge in [-0.15, -0.1) is 11.8 Å². The zero-order valence-corrected chi connectivity index (χ0v) is 24.5. The van der Waals surface area contributed by atoms with Crippen molar-refractivity contribution < 1.29 is 38.4 Å². The zero-order chi connectivity index (χ0) is 29.8. The largest absolute Gasteiger partial charge is 0.492 e. The van der Waals surface area contributed by atoms with Crippen molar-refractivity contribution in [3.05, 3.63) is 47.1 Å². The van der Waals surface area contributed by atoms with Crippen LogP contribution in [0.5, 0.6) is 0 Å². The summed E-state index contributed by atoms with van der Waals surface area (Å²) in [5, 5.41) is 17.0. The van der Waals surface area contributed by atoms with Crippen molar-refractivity contribution in [2.24, 2.45) is 5.16 Å². The van der Waals surface area contributed by atoms with Gasteiger partial charge in [-0.25, -0.2) is 9.78 Å². The van der Waals surface area contributed by atoms with Gasteiger partial charge in [-0.2, -0.15) is 4.57 Å². The molecule has 2 atom stereocenters. The summed E-state index contributed by atoms with van der Waals surface area (Å²) < 4.78 is 7.60. The van der Waals surface area contributed by atoms with Gasteiger partial charge < -0.3 is 25.7 Å². The van der Waals surface area contributed by atoms with Gasteiger partial charge in [0.1, 0.15) is 30.6 Å². The molecule has 1 saturated heterocycles. The molecule has 2 aliphatic heterocycles. The van der Waals surface area contributed by atoms with Gasteiger partial charge in [0, 0.05) is 29.6 Å². The van der Waals surface area contributed by atoms with Crippen LogP contribution in [-0.4, -0.2) is 74.8 Å². The van der Waals surface area contributed by atoms with Crippen LogP contribution in [0.3, 0.4) is 0 Å². The second-order valence-corrected chi connectivity index (χ2v) is 12.1. The van der Waals surface area contributed by atoms with Crippen LogP contribution in [0, 0.1) is 0 Å². The molecule has 0 bridgehead atoms. The zero-order valence-electron chi connectivity index (χ0n) is 22.9. The average molecular weight is 616 g/mol. The smallest absolute Gasteiger partial charge is 0.356 e. The number of pyridine rings is 1. The molecule has 1 aliphatic carbocycles. The molecule has 0 spiro atoms. The number of nitrogens with two attached hydrogens (primary N) is 1. The number of nitrogen functional groups attached to an aromatic ring is 1. The molecular weight excluding hydrogens is 584 g/mol. The highest BCUT2D eigenvalue weighted by atomic mass is 32.2. The second kappa shape index (κ2) is 12.9. The SMILES string of the molecule is CCC(=O)C[n+]1ccc(SCC2=C(C(=O)O)N3C(=O)[C@@H](NC(=O)C(=NOC4CCCC4)c4cnc(N)s4)[C@H]3CO2)cc1. The average Bonchev–Trinajstić information content (AvgIpc) is 3.67. The third-order valence-corrected chi connectivity index (χ3v) is 9.04. The molecule has 2 fully saturated rings. The van der Waals surface area contributed by atoms with Gasteiger partial charge in [0.15, 0.2) is 34.7 Å². The molecule has 2 aromatic rings. The lowest BCUT2D eigenvalue weighted by Gasteiger charge is -2.49. The normalized spacial score (nSPS) is 20.5. The Kier molecular flexibility index (Phi) is 9.06. The summed E-state index contributed by atoms with van der Waals surface area (Å²) in [6.07, 6.45) is 9.08. The van der Waals surface area contributed by atoms with Crippen LogP contribution in [0.15, 0.2) is 52.2 Å². The number of carbonyl (C=O) groups is 4. The van der Waals surface area contributed by atoms with E-state index in [1.54, 1.807) is 17.0 Å². The Morgan fingerprint density at radius 2 is 2.05 bits per heavy atom. The molecule has 5 rings (SSSR count). The predicted octanol–water partition coefficient (Wildman–Crippen LogP) is 1.47. The van der Waals surface area contributed by atoms with Crippen molar-refractivity contribution in [3.8, 4) is 0 Å². The lowest BCUT2D eigenvalue weighted by Crippen LogP contribution is -2.73. The van der Waals surface area contributed by atoms with Crippen LogP contribution >= 0.6 is 23.1 Å². The molecule has 0 unspecified atom stereocenters. The second-order valence-electron chi connectivity index (χ2n) is 10.0. The van der Waals surface area contributed by atoms with E-state index < -0.39 is 29.9 Å². The number of thioether (sulfide) groups is 1. The van der Waals surface area contributed by atoms with Crippen molar-refractivity contribution in [1.29, 1.82) is 0 Å². The quantitative estimate of drug-likeness (QED) is 0.104. The minimum atomic E-state index is -1.30. The number of carboxylic acid groups (broad SMARTS) is 1. The molecule has 1 saturated carbocycles. The van der Waals surface area contributed by atoms with Crippen LogP contribution < -0.4 is 15.6 Å². The van der Waals surface area contributed by atoms with Crippen molar-refractivity contribution in [3.63, 3.8) is 0 Å². The van der Waals surface area contributed by atoms with Crippen LogP contribution in [0.25, 0.3) is 0 Å². The Morgan fingerprint density at radius 3 is 2.69 bits per heavy atom. The maximum Gasteiger partial charge on any atom is 0.356 e. The van der Waals surface area contributed by atoms with Gasteiger partial charge >= 0.3 is 5.97 Å². The molecule has 4 heterocycles. The highest BCUT2D eigenvalue weighted by molar-refractivity contribution is 7.99. The number of hydrogen-bond donors (Lipinski definition) is 3. The Balaban J connectivity index is 1.26. The standard InChI is InChI=1S/C27H30N6O7S2/c1-2-15(34)12-32-9-7-17(8-10-32)41-14-19-23(26(37)38)33-18(13-39-19)21(25(33)36)30-24(35)22(20-11-29-27(28)42-20)31-40-16-5-3-4-6-16/h7-11,16,18,21H,2-6,12-14H2,1H3,(H3-,28,29,30,31,35,37,38)/p+1/t18-,21+/m1/s1. The first kappa shape index (κ1) is 29.5. The minimum absolute atomic E-state index is 0.00976. The first-order valence-electron chi connectivity index (χ1n) is 13.6. The number of carboxylic acids is 1. The Bertz CT molecular complexity index is 1430. The van der Waals surface area contributed by atoms with Gasteiger partial charge in [-0.3, -0.25) is 19.3 Å². The predicted molar refractivity (Wildman–Crippen MR) is 152 cm³/mol. The fraction of sp³-hybridized carbons (Fsp3) is 0.444. The number of aliphatic carboxylic acids is 1. The first-order chi connectivity index (χ1) is 20.2. The fourth-order valence-electron chi connectivity index (χ4n) is 4.91. The van der Waals surface area contributed by atoms with Crippen molar-refractivity contribution >= 4 is 57.5 Å². The molecule has 0 aromatic carbocycles. The number of hydrogen-bond acceptors (Lipinski definition) is 11. The number of nitrogens with one attached hydrogen (secondary N) is 1. The van der Waals surface area contributed by atoms with Gasteiger partial charge in [0.2, 0.25) is 6.54 Å². The van der Waals surface area contributed by atoms with E-state index in [4.69, 9.17) is 15.3 Å². The molecule has 15 heteroatoms. The lowest BCUT2D eigenvalue weighted by molar-refractivity contribution is -0.684. The van der Waals surface area contributed by atoms with Crippen LogP contribution in [0.1, 0.15) is 43.9 Å². The van der Waals surface area contributed by atoms with Gasteiger partial charge in [0.25, 0.3) is 11.8 Å². The first-order valence-corrected chi connectivity index (χ1v) is 15.4. The van der Waals surface area contributed by atoms with E-state index in [0.717, 1.165) is 41.9 Å². The third kappa shape index (κ3) is 6.41. The number of carbonyl (C=O) groups excluding carboxylic acids is 3. The van der Waals surface area contributed by atoms with Crippen molar-refractivity contribution in [2.45, 2.75) is 68.7 Å². The lowest BCUT2D eigenvalue weighted by atomic mass is 9.92. The summed E-state index contributed by atoms with van der Waals surface area (Å²) in [4.78, 5) is 62.3. The highest BCUT2D eigenvalue weighted by Crippen LogP contribution is 2.35. The summed E-state index contributed by atoms with van der Waals surface area (Å²) in [6.45, 7) is 2.11. The van der Waals surface area contributed by atoms with Crippen LogP contribution in [0.2, 0.25) is 0 Å². The number of Topliss-reactive ketones (excluding diaryl/α,β-unsaturated/α-hetero) is 1. The molecule has 2 amide bonds. The van der Waals surface area contributed by atoms with E-state index >= 15 is 0 Å². The Labute approximate surface area is 249 Å². The number of fused-ring (bicyclic) bond motifs is 1. The minimum Gasteiger partial charge on any atom is -0.492 e. The van der Waals surface area contributed by atoms with E-state index in [1.165, 1.54) is 22.9 Å². The van der Waals surface area contributed by atoms with E-state index in [-0.39, 0.29) is 53.1 Å². The third-order valence-electron chi connectivity index (χ3n) is 7.19. The van der Waals surface area contributed by atoms with Crippen LogP contribution in [0.4, 0.5) is 5.13 Å². The van der Waals surface area contributed by atoms with E-state index in [1.807, 2.05) is 19.1 Å². The monoisotopic (exact) mass is 615 g/mol. The number of ether oxygens (including phenoxy) is 1. The topological polar surface area (TPSA) is 177 Å². The number of nitrogens with zero attached hydrogens (tertiary/aromatic N) is 4. The fourth-order valence-corrected chi connectivity index (χ4v) is 6.40. The Hall–Kier alpha value is -3.98. The summed E-state index contributed by atoms with van der Waals surface area (Å²) in [7, 11) is 0. The number of aromatic nitrogens is 2. The molecule has 4 N–H and O–H groups in total. The molecule has 42 heavy (non-hydrogen) atoms. The van der Waals surface area contributed by atoms with E-state index in [2.05, 4.69) is 15.5 Å². The molecule has 2 aromatic heterocycles. The maximum absolute atomic E-state index is 13.3. The van der Waals surface area contributed by atoms with Crippen molar-refractivity contribution in [2.75, 3.05) is 18.1 Å². The van der Waals surface area contributed by atoms with Crippen LogP contribution in [-0.2, 0) is 35.3 Å². The van der Waals surface area contributed by atoms with E-state index in [9.17, 15) is 24.3 Å². The summed E-state index contributed by atoms with van der Waals surface area (Å²) in [5.41, 5.74) is 5.46. The number of β-lactam (4-membered cyclic amide) rings is 1. The van der Waals surface area contributed by atoms with Gasteiger partial charge in [-0.05, 0) is 25.7 Å². The van der Waals surface area contributed by atoms with Crippen molar-refractivity contribution in [1.82, 2.24) is 15.2 Å². The number of anilines is 1. The highest BCUT2D eigenvalue weighted by Gasteiger charge is 2.55. The molecular formula is C27H31N6O7S2+. The molecule has 13 nitrogen and oxygen atoms in total. The number of oxime groups is 1. The number of ketones is 1. The molecule has 3 aliphatic rings. The molecule has 0 radical (unpaired) electrons. The number of rotatable bonds is 12. The van der Waals surface area contributed by atoms with E-state index in [0.29, 0.717) is 11.3 Å². The van der Waals surface area contributed by atoms with Gasteiger partial charge in [0.05, 0.1) is 10.6 Å². The summed E-state index contributed by atoms with van der Waals surface area (Å²) in [5.74, 6) is -2.06. The number of thiazole rings is 1. The summed E-state index contributed by atoms with van der Waals surface area (Å²) in [6, 6.07) is 1.95. The Morgan fingerprint density at radius 1 is 1.31 bits per heavy atom. The van der Waals surface area contributed by atoms with Gasteiger partial charge in [-0.1, -0.05) is 23.4 Å². The maximum atomic E-state index is 13.3.